The van der Waals surface area contributed by atoms with Crippen LogP contribution in [-0.2, 0) is 16.1 Å². The zero-order valence-corrected chi connectivity index (χ0v) is 9.19. The number of aromatic nitrogens is 1. The van der Waals surface area contributed by atoms with Crippen LogP contribution in [-0.4, -0.2) is 17.9 Å². The number of ether oxygens (including phenoxy) is 2. The average molecular weight is 217 g/mol. The van der Waals surface area contributed by atoms with E-state index < -0.39 is 0 Å². The molecule has 1 aliphatic heterocycles. The Labute approximate surface area is 95.8 Å². The minimum absolute atomic E-state index is 0.0787. The van der Waals surface area contributed by atoms with Crippen molar-refractivity contribution in [3.05, 3.63) is 29.6 Å². The molecule has 0 N–H and O–H groups in total. The number of nitrogens with zero attached hydrogens (tertiary/aromatic N) is 1. The van der Waals surface area contributed by atoms with Crippen molar-refractivity contribution in [2.75, 3.05) is 6.61 Å². The number of pyridine rings is 1. The lowest BCUT2D eigenvalue weighted by atomic mass is 10.2. The zero-order chi connectivity index (χ0) is 11.2. The van der Waals surface area contributed by atoms with Gasteiger partial charge >= 0.3 is 0 Å². The first-order valence-electron chi connectivity index (χ1n) is 5.54. The Morgan fingerprint density at radius 1 is 1.50 bits per heavy atom. The van der Waals surface area contributed by atoms with Crippen molar-refractivity contribution < 1.29 is 9.47 Å². The van der Waals surface area contributed by atoms with Crippen LogP contribution in [0.3, 0.4) is 0 Å². The number of rotatable bonds is 3. The molecule has 0 aromatic carbocycles. The van der Waals surface area contributed by atoms with Gasteiger partial charge < -0.3 is 9.47 Å². The first-order valence-corrected chi connectivity index (χ1v) is 5.54. The Bertz CT molecular complexity index is 378. The third-order valence-corrected chi connectivity index (χ3v) is 2.51. The molecule has 1 aromatic rings. The Morgan fingerprint density at radius 3 is 3.19 bits per heavy atom. The third-order valence-electron chi connectivity index (χ3n) is 2.51. The van der Waals surface area contributed by atoms with Crippen LogP contribution >= 0.6 is 0 Å². The normalized spacial score (nSPS) is 20.3. The molecule has 0 radical (unpaired) electrons. The standard InChI is InChI=1S/C13H15NO2/c1-2-11-6-5-7-12(14-11)10-16-13-8-3-4-9-15-13/h1,5-7,13H,3-4,8-10H2. The summed E-state index contributed by atoms with van der Waals surface area (Å²) < 4.78 is 11.1. The monoisotopic (exact) mass is 217 g/mol. The second-order valence-corrected chi connectivity index (χ2v) is 3.77. The van der Waals surface area contributed by atoms with Crippen LogP contribution in [0.25, 0.3) is 0 Å². The molecule has 3 heteroatoms. The summed E-state index contributed by atoms with van der Waals surface area (Å²) in [4.78, 5) is 4.26. The molecule has 1 fully saturated rings. The summed E-state index contributed by atoms with van der Waals surface area (Å²) in [5, 5.41) is 0. The zero-order valence-electron chi connectivity index (χ0n) is 9.19. The van der Waals surface area contributed by atoms with Gasteiger partial charge in [-0.25, -0.2) is 4.98 Å². The van der Waals surface area contributed by atoms with Gasteiger partial charge in [-0.05, 0) is 31.4 Å². The summed E-state index contributed by atoms with van der Waals surface area (Å²) >= 11 is 0. The van der Waals surface area contributed by atoms with Gasteiger partial charge in [-0.2, -0.15) is 0 Å². The summed E-state index contributed by atoms with van der Waals surface area (Å²) in [5.74, 6) is 2.51. The van der Waals surface area contributed by atoms with Crippen molar-refractivity contribution in [2.24, 2.45) is 0 Å². The van der Waals surface area contributed by atoms with Crippen LogP contribution in [0, 0.1) is 12.3 Å². The summed E-state index contributed by atoms with van der Waals surface area (Å²) in [5.41, 5.74) is 1.50. The van der Waals surface area contributed by atoms with Gasteiger partial charge in [0.15, 0.2) is 6.29 Å². The Morgan fingerprint density at radius 2 is 2.44 bits per heavy atom. The molecule has 0 spiro atoms. The number of terminal acetylenes is 1. The number of hydrogen-bond acceptors (Lipinski definition) is 3. The quantitative estimate of drug-likeness (QED) is 0.727. The summed E-state index contributed by atoms with van der Waals surface area (Å²) in [6.45, 7) is 1.25. The highest BCUT2D eigenvalue weighted by molar-refractivity contribution is 5.25. The van der Waals surface area contributed by atoms with Crippen LogP contribution in [0.15, 0.2) is 18.2 Å². The van der Waals surface area contributed by atoms with E-state index in [0.717, 1.165) is 25.1 Å². The average Bonchev–Trinajstić information content (AvgIpc) is 2.38. The van der Waals surface area contributed by atoms with E-state index in [1.165, 1.54) is 6.42 Å². The summed E-state index contributed by atoms with van der Waals surface area (Å²) in [6, 6.07) is 5.60. The third kappa shape index (κ3) is 3.06. The maximum Gasteiger partial charge on any atom is 0.158 e. The second-order valence-electron chi connectivity index (χ2n) is 3.77. The SMILES string of the molecule is C#Cc1cccc(COC2CCCCO2)n1. The van der Waals surface area contributed by atoms with E-state index in [4.69, 9.17) is 15.9 Å². The first-order chi connectivity index (χ1) is 7.88. The molecule has 1 saturated heterocycles. The Balaban J connectivity index is 1.86. The van der Waals surface area contributed by atoms with Crippen LogP contribution in [0.4, 0.5) is 0 Å². The molecule has 1 aliphatic rings. The van der Waals surface area contributed by atoms with Crippen LogP contribution in [0.2, 0.25) is 0 Å². The highest BCUT2D eigenvalue weighted by Gasteiger charge is 2.14. The summed E-state index contributed by atoms with van der Waals surface area (Å²) in [7, 11) is 0. The lowest BCUT2D eigenvalue weighted by Gasteiger charge is -2.22. The fourth-order valence-electron chi connectivity index (χ4n) is 1.66. The fraction of sp³-hybridized carbons (Fsp3) is 0.462. The Kier molecular flexibility index (Phi) is 3.92. The maximum absolute atomic E-state index is 5.62. The maximum atomic E-state index is 5.62. The number of hydrogen-bond donors (Lipinski definition) is 0. The molecular formula is C13H15NO2. The van der Waals surface area contributed by atoms with E-state index in [-0.39, 0.29) is 6.29 Å². The minimum Gasteiger partial charge on any atom is -0.353 e. The van der Waals surface area contributed by atoms with Crippen molar-refractivity contribution in [2.45, 2.75) is 32.2 Å². The fourth-order valence-corrected chi connectivity index (χ4v) is 1.66. The Hall–Kier alpha value is -1.37. The van der Waals surface area contributed by atoms with Crippen molar-refractivity contribution in [3.63, 3.8) is 0 Å². The van der Waals surface area contributed by atoms with Gasteiger partial charge in [-0.3, -0.25) is 0 Å². The molecule has 84 valence electrons. The molecule has 1 atom stereocenters. The molecule has 0 amide bonds. The molecule has 0 bridgehead atoms. The van der Waals surface area contributed by atoms with E-state index in [1.807, 2.05) is 12.1 Å². The first kappa shape index (κ1) is 11.1. The molecular weight excluding hydrogens is 202 g/mol. The van der Waals surface area contributed by atoms with Crippen molar-refractivity contribution in [1.82, 2.24) is 4.98 Å². The molecule has 0 aliphatic carbocycles. The van der Waals surface area contributed by atoms with Gasteiger partial charge in [0.25, 0.3) is 0 Å². The van der Waals surface area contributed by atoms with Gasteiger partial charge in [0.05, 0.1) is 12.3 Å². The van der Waals surface area contributed by atoms with E-state index in [1.54, 1.807) is 6.07 Å². The molecule has 3 nitrogen and oxygen atoms in total. The topological polar surface area (TPSA) is 31.4 Å². The highest BCUT2D eigenvalue weighted by atomic mass is 16.7. The smallest absolute Gasteiger partial charge is 0.158 e. The van der Waals surface area contributed by atoms with Crippen LogP contribution < -0.4 is 0 Å². The predicted molar refractivity (Wildman–Crippen MR) is 60.6 cm³/mol. The van der Waals surface area contributed by atoms with Gasteiger partial charge in [0, 0.05) is 6.61 Å². The summed E-state index contributed by atoms with van der Waals surface area (Å²) in [6.07, 6.45) is 8.47. The van der Waals surface area contributed by atoms with Gasteiger partial charge in [-0.15, -0.1) is 6.42 Å². The molecule has 16 heavy (non-hydrogen) atoms. The van der Waals surface area contributed by atoms with E-state index in [9.17, 15) is 0 Å². The van der Waals surface area contributed by atoms with E-state index in [0.29, 0.717) is 12.3 Å². The van der Waals surface area contributed by atoms with E-state index >= 15 is 0 Å². The van der Waals surface area contributed by atoms with Crippen molar-refractivity contribution in [3.8, 4) is 12.3 Å². The second kappa shape index (κ2) is 5.64. The van der Waals surface area contributed by atoms with Gasteiger partial charge in [-0.1, -0.05) is 12.0 Å². The lowest BCUT2D eigenvalue weighted by molar-refractivity contribution is -0.169. The predicted octanol–water partition coefficient (Wildman–Crippen LogP) is 2.11. The lowest BCUT2D eigenvalue weighted by Crippen LogP contribution is -2.22. The molecule has 0 saturated carbocycles. The van der Waals surface area contributed by atoms with Gasteiger partial charge in [0.1, 0.15) is 5.69 Å². The van der Waals surface area contributed by atoms with Crippen LogP contribution in [0.5, 0.6) is 0 Å². The molecule has 2 rings (SSSR count). The van der Waals surface area contributed by atoms with Crippen molar-refractivity contribution in [1.29, 1.82) is 0 Å². The van der Waals surface area contributed by atoms with Gasteiger partial charge in [0.2, 0.25) is 0 Å². The largest absolute Gasteiger partial charge is 0.353 e. The highest BCUT2D eigenvalue weighted by Crippen LogP contribution is 2.15. The molecule has 2 heterocycles. The molecule has 1 aromatic heterocycles. The minimum atomic E-state index is -0.0787. The van der Waals surface area contributed by atoms with Crippen LogP contribution in [0.1, 0.15) is 30.7 Å². The molecule has 1 unspecified atom stereocenters. The van der Waals surface area contributed by atoms with E-state index in [2.05, 4.69) is 10.9 Å². The van der Waals surface area contributed by atoms with Crippen molar-refractivity contribution >= 4 is 0 Å².